The largest absolute Gasteiger partial charge is 0.357 e. The lowest BCUT2D eigenvalue weighted by Crippen LogP contribution is -2.37. The van der Waals surface area contributed by atoms with Gasteiger partial charge >= 0.3 is 0 Å². The molecule has 1 aromatic carbocycles. The van der Waals surface area contributed by atoms with E-state index < -0.39 is 0 Å². The first kappa shape index (κ1) is 18.6. The SMILES string of the molecule is CCNC(=NCc1ccc(-n2ccnc2)nc1)NCCCc1ccccc1. The molecule has 0 bridgehead atoms. The predicted molar refractivity (Wildman–Crippen MR) is 109 cm³/mol. The third-order valence-electron chi connectivity index (χ3n) is 4.12. The molecule has 0 radical (unpaired) electrons. The summed E-state index contributed by atoms with van der Waals surface area (Å²) in [4.78, 5) is 13.2. The number of pyridine rings is 1. The van der Waals surface area contributed by atoms with E-state index in [-0.39, 0.29) is 0 Å². The standard InChI is InChI=1S/C21H26N6/c1-2-23-21(24-12-6-9-18-7-4-3-5-8-18)26-16-19-10-11-20(25-15-19)27-14-13-22-17-27/h3-5,7-8,10-11,13-15,17H,2,6,9,12,16H2,1H3,(H2,23,24,26). The second kappa shape index (κ2) is 10.1. The molecule has 0 aliphatic heterocycles. The van der Waals surface area contributed by atoms with Gasteiger partial charge in [0, 0.05) is 31.7 Å². The van der Waals surface area contributed by atoms with Crippen molar-refractivity contribution in [1.82, 2.24) is 25.2 Å². The van der Waals surface area contributed by atoms with Gasteiger partial charge in [-0.25, -0.2) is 15.0 Å². The molecule has 0 aliphatic carbocycles. The van der Waals surface area contributed by atoms with Crippen molar-refractivity contribution in [3.63, 3.8) is 0 Å². The number of benzene rings is 1. The molecular weight excluding hydrogens is 336 g/mol. The molecule has 27 heavy (non-hydrogen) atoms. The van der Waals surface area contributed by atoms with Crippen molar-refractivity contribution in [3.8, 4) is 5.82 Å². The van der Waals surface area contributed by atoms with Crippen molar-refractivity contribution in [2.24, 2.45) is 4.99 Å². The fourth-order valence-corrected chi connectivity index (χ4v) is 2.71. The number of nitrogens with zero attached hydrogens (tertiary/aromatic N) is 4. The quantitative estimate of drug-likeness (QED) is 0.367. The summed E-state index contributed by atoms with van der Waals surface area (Å²) in [6.45, 7) is 4.38. The third kappa shape index (κ3) is 5.95. The number of aliphatic imine (C=N–C) groups is 1. The van der Waals surface area contributed by atoms with Crippen LogP contribution in [0.25, 0.3) is 5.82 Å². The zero-order valence-electron chi connectivity index (χ0n) is 15.7. The highest BCUT2D eigenvalue weighted by molar-refractivity contribution is 5.79. The Balaban J connectivity index is 1.49. The molecular formula is C21H26N6. The van der Waals surface area contributed by atoms with Crippen molar-refractivity contribution in [2.75, 3.05) is 13.1 Å². The van der Waals surface area contributed by atoms with Gasteiger partial charge in [0.25, 0.3) is 0 Å². The number of nitrogens with one attached hydrogen (secondary N) is 2. The van der Waals surface area contributed by atoms with Crippen LogP contribution >= 0.6 is 0 Å². The number of imidazole rings is 1. The van der Waals surface area contributed by atoms with Crippen LogP contribution in [0.2, 0.25) is 0 Å². The van der Waals surface area contributed by atoms with E-state index in [1.54, 1.807) is 12.5 Å². The van der Waals surface area contributed by atoms with Crippen LogP contribution in [0.3, 0.4) is 0 Å². The number of hydrogen-bond acceptors (Lipinski definition) is 3. The molecule has 0 unspecified atom stereocenters. The number of aryl methyl sites for hydroxylation is 1. The lowest BCUT2D eigenvalue weighted by atomic mass is 10.1. The van der Waals surface area contributed by atoms with Gasteiger partial charge in [-0.3, -0.25) is 4.57 Å². The Morgan fingerprint density at radius 3 is 2.67 bits per heavy atom. The lowest BCUT2D eigenvalue weighted by molar-refractivity contribution is 0.743. The maximum atomic E-state index is 4.66. The summed E-state index contributed by atoms with van der Waals surface area (Å²) in [6, 6.07) is 14.6. The molecule has 6 nitrogen and oxygen atoms in total. The van der Waals surface area contributed by atoms with E-state index in [0.717, 1.165) is 43.3 Å². The van der Waals surface area contributed by atoms with E-state index in [4.69, 9.17) is 0 Å². The fourth-order valence-electron chi connectivity index (χ4n) is 2.71. The van der Waals surface area contributed by atoms with Crippen LogP contribution in [-0.2, 0) is 13.0 Å². The van der Waals surface area contributed by atoms with E-state index in [0.29, 0.717) is 6.54 Å². The van der Waals surface area contributed by atoms with Gasteiger partial charge in [0.05, 0.1) is 6.54 Å². The summed E-state index contributed by atoms with van der Waals surface area (Å²) in [5.41, 5.74) is 2.44. The topological polar surface area (TPSA) is 67.1 Å². The minimum absolute atomic E-state index is 0.589. The monoisotopic (exact) mass is 362 g/mol. The molecule has 140 valence electrons. The summed E-state index contributed by atoms with van der Waals surface area (Å²) < 4.78 is 1.88. The van der Waals surface area contributed by atoms with E-state index in [1.165, 1.54) is 5.56 Å². The first-order valence-corrected chi connectivity index (χ1v) is 9.34. The molecule has 0 spiro atoms. The van der Waals surface area contributed by atoms with Crippen LogP contribution in [0.4, 0.5) is 0 Å². The lowest BCUT2D eigenvalue weighted by Gasteiger charge is -2.11. The van der Waals surface area contributed by atoms with Crippen LogP contribution < -0.4 is 10.6 Å². The second-order valence-corrected chi connectivity index (χ2v) is 6.21. The molecule has 2 aromatic heterocycles. The zero-order chi connectivity index (χ0) is 18.7. The number of hydrogen-bond donors (Lipinski definition) is 2. The molecule has 0 amide bonds. The highest BCUT2D eigenvalue weighted by Gasteiger charge is 2.00. The highest BCUT2D eigenvalue weighted by Crippen LogP contribution is 2.06. The molecule has 2 N–H and O–H groups in total. The summed E-state index contributed by atoms with van der Waals surface area (Å²) in [5.74, 6) is 1.69. The maximum Gasteiger partial charge on any atom is 0.191 e. The van der Waals surface area contributed by atoms with Crippen LogP contribution in [0, 0.1) is 0 Å². The van der Waals surface area contributed by atoms with E-state index in [9.17, 15) is 0 Å². The molecule has 6 heteroatoms. The number of aromatic nitrogens is 3. The van der Waals surface area contributed by atoms with Crippen molar-refractivity contribution in [2.45, 2.75) is 26.3 Å². The average Bonchev–Trinajstić information content (AvgIpc) is 3.25. The Morgan fingerprint density at radius 1 is 1.07 bits per heavy atom. The molecule has 0 saturated heterocycles. The molecule has 3 aromatic rings. The van der Waals surface area contributed by atoms with Crippen LogP contribution in [-0.4, -0.2) is 33.6 Å². The van der Waals surface area contributed by atoms with Crippen LogP contribution in [0.15, 0.2) is 72.4 Å². The van der Waals surface area contributed by atoms with Gasteiger partial charge in [-0.1, -0.05) is 36.4 Å². The van der Waals surface area contributed by atoms with Gasteiger partial charge in [0.1, 0.15) is 12.1 Å². The van der Waals surface area contributed by atoms with Gasteiger partial charge < -0.3 is 10.6 Å². The van der Waals surface area contributed by atoms with E-state index >= 15 is 0 Å². The Kier molecular flexibility index (Phi) is 6.98. The Bertz CT molecular complexity index is 810. The van der Waals surface area contributed by atoms with Gasteiger partial charge in [-0.05, 0) is 37.0 Å². The van der Waals surface area contributed by atoms with Gasteiger partial charge in [0.15, 0.2) is 5.96 Å². The molecule has 0 fully saturated rings. The fraction of sp³-hybridized carbons (Fsp3) is 0.286. The normalized spacial score (nSPS) is 11.4. The number of guanidine groups is 1. The van der Waals surface area contributed by atoms with Crippen LogP contribution in [0.5, 0.6) is 0 Å². The minimum Gasteiger partial charge on any atom is -0.357 e. The molecule has 0 atom stereocenters. The number of rotatable bonds is 8. The second-order valence-electron chi connectivity index (χ2n) is 6.21. The van der Waals surface area contributed by atoms with Gasteiger partial charge in [0.2, 0.25) is 0 Å². The van der Waals surface area contributed by atoms with E-state index in [2.05, 4.69) is 62.8 Å². The van der Waals surface area contributed by atoms with Gasteiger partial charge in [-0.15, -0.1) is 0 Å². The van der Waals surface area contributed by atoms with Crippen molar-refractivity contribution in [1.29, 1.82) is 0 Å². The molecule has 0 saturated carbocycles. The molecule has 2 heterocycles. The molecule has 3 rings (SSSR count). The first-order chi connectivity index (χ1) is 13.3. The molecule has 0 aliphatic rings. The van der Waals surface area contributed by atoms with Crippen molar-refractivity contribution in [3.05, 3.63) is 78.5 Å². The zero-order valence-corrected chi connectivity index (χ0v) is 15.7. The van der Waals surface area contributed by atoms with Crippen molar-refractivity contribution >= 4 is 5.96 Å². The Labute approximate surface area is 160 Å². The summed E-state index contributed by atoms with van der Waals surface area (Å²) in [5, 5.41) is 6.69. The smallest absolute Gasteiger partial charge is 0.191 e. The van der Waals surface area contributed by atoms with Crippen LogP contribution in [0.1, 0.15) is 24.5 Å². The Hall–Kier alpha value is -3.15. The maximum absolute atomic E-state index is 4.66. The first-order valence-electron chi connectivity index (χ1n) is 9.34. The Morgan fingerprint density at radius 2 is 1.96 bits per heavy atom. The summed E-state index contributed by atoms with van der Waals surface area (Å²) in [7, 11) is 0. The van der Waals surface area contributed by atoms with Gasteiger partial charge in [-0.2, -0.15) is 0 Å². The average molecular weight is 362 g/mol. The van der Waals surface area contributed by atoms with Crippen molar-refractivity contribution < 1.29 is 0 Å². The predicted octanol–water partition coefficient (Wildman–Crippen LogP) is 2.96. The summed E-state index contributed by atoms with van der Waals surface area (Å²) in [6.07, 6.45) is 9.35. The third-order valence-corrected chi connectivity index (χ3v) is 4.12. The summed E-state index contributed by atoms with van der Waals surface area (Å²) >= 11 is 0. The minimum atomic E-state index is 0.589. The highest BCUT2D eigenvalue weighted by atomic mass is 15.2. The van der Waals surface area contributed by atoms with E-state index in [1.807, 2.05) is 29.1 Å².